The largest absolute Gasteiger partial charge is 0.385 e. The van der Waals surface area contributed by atoms with E-state index in [-0.39, 0.29) is 5.91 Å². The summed E-state index contributed by atoms with van der Waals surface area (Å²) in [6.07, 6.45) is 4.59. The van der Waals surface area contributed by atoms with E-state index in [2.05, 4.69) is 24.1 Å². The molecule has 1 aliphatic heterocycles. The predicted octanol–water partition coefficient (Wildman–Crippen LogP) is 2.63. The van der Waals surface area contributed by atoms with Crippen molar-refractivity contribution in [2.45, 2.75) is 27.2 Å². The van der Waals surface area contributed by atoms with E-state index in [1.54, 1.807) is 12.4 Å². The molecule has 1 N–H and O–H groups in total. The van der Waals surface area contributed by atoms with Crippen LogP contribution in [0.4, 0.5) is 5.69 Å². The van der Waals surface area contributed by atoms with Crippen molar-refractivity contribution in [1.82, 2.24) is 9.88 Å². The van der Waals surface area contributed by atoms with Gasteiger partial charge in [0.25, 0.3) is 5.91 Å². The van der Waals surface area contributed by atoms with Crippen LogP contribution in [0.15, 0.2) is 18.5 Å². The van der Waals surface area contributed by atoms with Crippen LogP contribution in [0.5, 0.6) is 0 Å². The van der Waals surface area contributed by atoms with E-state index in [0.717, 1.165) is 25.3 Å². The van der Waals surface area contributed by atoms with Gasteiger partial charge in [0, 0.05) is 32.0 Å². The monoisotopic (exact) mass is 261 g/mol. The van der Waals surface area contributed by atoms with Crippen molar-refractivity contribution in [3.05, 3.63) is 24.0 Å². The third-order valence-electron chi connectivity index (χ3n) is 3.57. The molecule has 1 aromatic rings. The Morgan fingerprint density at radius 3 is 2.74 bits per heavy atom. The maximum atomic E-state index is 12.6. The summed E-state index contributed by atoms with van der Waals surface area (Å²) in [5.74, 6) is 1.25. The van der Waals surface area contributed by atoms with Crippen LogP contribution in [0.2, 0.25) is 0 Å². The van der Waals surface area contributed by atoms with Crippen LogP contribution in [-0.4, -0.2) is 35.4 Å². The molecule has 1 aliphatic rings. The first-order valence-electron chi connectivity index (χ1n) is 7.09. The van der Waals surface area contributed by atoms with Crippen molar-refractivity contribution in [1.29, 1.82) is 0 Å². The van der Waals surface area contributed by atoms with Crippen molar-refractivity contribution in [3.8, 4) is 0 Å². The number of likely N-dealkylation sites (tertiary alicyclic amines) is 1. The first-order valence-corrected chi connectivity index (χ1v) is 7.09. The lowest BCUT2D eigenvalue weighted by molar-refractivity contribution is 0.0623. The van der Waals surface area contributed by atoms with Gasteiger partial charge in [-0.3, -0.25) is 9.78 Å². The van der Waals surface area contributed by atoms with E-state index in [1.165, 1.54) is 6.42 Å². The maximum Gasteiger partial charge on any atom is 0.257 e. The van der Waals surface area contributed by atoms with Crippen LogP contribution in [0, 0.1) is 11.8 Å². The van der Waals surface area contributed by atoms with Gasteiger partial charge in [-0.15, -0.1) is 0 Å². The van der Waals surface area contributed by atoms with E-state index in [4.69, 9.17) is 0 Å². The quantitative estimate of drug-likeness (QED) is 0.909. The standard InChI is InChI=1S/C15H23N3O/c1-4-17-14-5-6-16-8-13(14)15(19)18-9-11(2)7-12(3)10-18/h5-6,8,11-12H,4,7,9-10H2,1-3H3,(H,16,17). The summed E-state index contributed by atoms with van der Waals surface area (Å²) < 4.78 is 0. The van der Waals surface area contributed by atoms with Gasteiger partial charge >= 0.3 is 0 Å². The number of nitrogens with zero attached hydrogens (tertiary/aromatic N) is 2. The Bertz CT molecular complexity index is 437. The highest BCUT2D eigenvalue weighted by molar-refractivity contribution is 5.99. The van der Waals surface area contributed by atoms with E-state index in [0.29, 0.717) is 17.4 Å². The number of carbonyl (C=O) groups excluding carboxylic acids is 1. The number of pyridine rings is 1. The summed E-state index contributed by atoms with van der Waals surface area (Å²) in [5.41, 5.74) is 1.57. The summed E-state index contributed by atoms with van der Waals surface area (Å²) in [6.45, 7) is 8.96. The zero-order chi connectivity index (χ0) is 13.8. The number of aromatic nitrogens is 1. The molecule has 1 amide bonds. The van der Waals surface area contributed by atoms with Gasteiger partial charge in [-0.05, 0) is 31.2 Å². The minimum Gasteiger partial charge on any atom is -0.385 e. The number of amides is 1. The smallest absolute Gasteiger partial charge is 0.257 e. The van der Waals surface area contributed by atoms with Gasteiger partial charge in [0.1, 0.15) is 0 Å². The fourth-order valence-corrected chi connectivity index (χ4v) is 2.91. The van der Waals surface area contributed by atoms with E-state index >= 15 is 0 Å². The molecule has 0 bridgehead atoms. The summed E-state index contributed by atoms with van der Waals surface area (Å²) in [6, 6.07) is 1.87. The number of rotatable bonds is 3. The Hall–Kier alpha value is -1.58. The fraction of sp³-hybridized carbons (Fsp3) is 0.600. The SMILES string of the molecule is CCNc1ccncc1C(=O)N1CC(C)CC(C)C1. The molecular weight excluding hydrogens is 238 g/mol. The predicted molar refractivity (Wildman–Crippen MR) is 77.2 cm³/mol. The molecule has 1 fully saturated rings. The van der Waals surface area contributed by atoms with Gasteiger partial charge < -0.3 is 10.2 Å². The number of nitrogens with one attached hydrogen (secondary N) is 1. The molecule has 2 atom stereocenters. The molecule has 1 saturated heterocycles. The number of hydrogen-bond donors (Lipinski definition) is 1. The minimum atomic E-state index is 0.0995. The molecule has 4 nitrogen and oxygen atoms in total. The van der Waals surface area contributed by atoms with Gasteiger partial charge in [-0.25, -0.2) is 0 Å². The Morgan fingerprint density at radius 2 is 2.11 bits per heavy atom. The van der Waals surface area contributed by atoms with Crippen LogP contribution in [-0.2, 0) is 0 Å². The lowest BCUT2D eigenvalue weighted by Crippen LogP contribution is -2.42. The molecule has 0 spiro atoms. The highest BCUT2D eigenvalue weighted by Crippen LogP contribution is 2.24. The van der Waals surface area contributed by atoms with Gasteiger partial charge in [0.15, 0.2) is 0 Å². The van der Waals surface area contributed by atoms with E-state index in [1.807, 2.05) is 17.9 Å². The lowest BCUT2D eigenvalue weighted by Gasteiger charge is -2.35. The van der Waals surface area contributed by atoms with Crippen molar-refractivity contribution < 1.29 is 4.79 Å². The average Bonchev–Trinajstić information content (AvgIpc) is 2.38. The maximum absolute atomic E-state index is 12.6. The Kier molecular flexibility index (Phi) is 4.40. The molecule has 4 heteroatoms. The second-order valence-electron chi connectivity index (χ2n) is 5.61. The van der Waals surface area contributed by atoms with E-state index in [9.17, 15) is 4.79 Å². The zero-order valence-electron chi connectivity index (χ0n) is 12.0. The van der Waals surface area contributed by atoms with Gasteiger partial charge in [0.05, 0.1) is 11.3 Å². The topological polar surface area (TPSA) is 45.2 Å². The summed E-state index contributed by atoms with van der Waals surface area (Å²) in [5, 5.41) is 3.23. The molecular formula is C15H23N3O. The number of carbonyl (C=O) groups is 1. The fourth-order valence-electron chi connectivity index (χ4n) is 2.91. The third kappa shape index (κ3) is 3.25. The van der Waals surface area contributed by atoms with Crippen LogP contribution in [0.3, 0.4) is 0 Å². The van der Waals surface area contributed by atoms with Gasteiger partial charge in [-0.2, -0.15) is 0 Å². The van der Waals surface area contributed by atoms with Crippen molar-refractivity contribution in [2.75, 3.05) is 25.0 Å². The highest BCUT2D eigenvalue weighted by atomic mass is 16.2. The molecule has 2 heterocycles. The molecule has 19 heavy (non-hydrogen) atoms. The van der Waals surface area contributed by atoms with Crippen LogP contribution < -0.4 is 5.32 Å². The molecule has 0 saturated carbocycles. The first kappa shape index (κ1) is 13.8. The summed E-state index contributed by atoms with van der Waals surface area (Å²) >= 11 is 0. The normalized spacial score (nSPS) is 23.2. The van der Waals surface area contributed by atoms with Crippen LogP contribution in [0.1, 0.15) is 37.6 Å². The molecule has 0 aliphatic carbocycles. The van der Waals surface area contributed by atoms with Crippen molar-refractivity contribution >= 4 is 11.6 Å². The van der Waals surface area contributed by atoms with Crippen LogP contribution >= 0.6 is 0 Å². The molecule has 0 radical (unpaired) electrons. The number of anilines is 1. The Balaban J connectivity index is 2.19. The molecule has 104 valence electrons. The lowest BCUT2D eigenvalue weighted by atomic mass is 9.91. The highest BCUT2D eigenvalue weighted by Gasteiger charge is 2.27. The molecule has 2 rings (SSSR count). The second-order valence-corrected chi connectivity index (χ2v) is 5.61. The van der Waals surface area contributed by atoms with Gasteiger partial charge in [0.2, 0.25) is 0 Å². The third-order valence-corrected chi connectivity index (χ3v) is 3.57. The van der Waals surface area contributed by atoms with Gasteiger partial charge in [-0.1, -0.05) is 13.8 Å². The molecule has 1 aromatic heterocycles. The summed E-state index contributed by atoms with van der Waals surface area (Å²) in [7, 11) is 0. The molecule has 0 aromatic carbocycles. The Labute approximate surface area is 115 Å². The minimum absolute atomic E-state index is 0.0995. The zero-order valence-corrected chi connectivity index (χ0v) is 12.0. The first-order chi connectivity index (χ1) is 9.11. The van der Waals surface area contributed by atoms with E-state index < -0.39 is 0 Å². The Morgan fingerprint density at radius 1 is 1.42 bits per heavy atom. The second kappa shape index (κ2) is 6.04. The van der Waals surface area contributed by atoms with Crippen molar-refractivity contribution in [2.24, 2.45) is 11.8 Å². The molecule has 2 unspecified atom stereocenters. The summed E-state index contributed by atoms with van der Waals surface area (Å²) in [4.78, 5) is 18.7. The van der Waals surface area contributed by atoms with Crippen molar-refractivity contribution in [3.63, 3.8) is 0 Å². The number of hydrogen-bond acceptors (Lipinski definition) is 3. The average molecular weight is 261 g/mol. The number of piperidine rings is 1. The van der Waals surface area contributed by atoms with Crippen LogP contribution in [0.25, 0.3) is 0 Å².